The molecule has 6 heteroatoms. The molecule has 0 bridgehead atoms. The van der Waals surface area contributed by atoms with Gasteiger partial charge in [-0.15, -0.1) is 0 Å². The summed E-state index contributed by atoms with van der Waals surface area (Å²) in [6.07, 6.45) is 2.24. The van der Waals surface area contributed by atoms with Gasteiger partial charge in [-0.1, -0.05) is 17.7 Å². The molecule has 0 aliphatic carbocycles. The molecule has 29 heavy (non-hydrogen) atoms. The number of halogens is 2. The molecule has 0 spiro atoms. The van der Waals surface area contributed by atoms with Crippen molar-refractivity contribution in [3.63, 3.8) is 0 Å². The number of carbonyl (C=O) groups excluding carboxylic acids is 1. The average molecular weight is 395 g/mol. The van der Waals surface area contributed by atoms with Gasteiger partial charge in [-0.3, -0.25) is 4.79 Å². The van der Waals surface area contributed by atoms with Gasteiger partial charge in [0.05, 0.1) is 11.1 Å². The Hall–Kier alpha value is -2.99. The number of hydrogen-bond donors (Lipinski definition) is 1. The van der Waals surface area contributed by atoms with Crippen molar-refractivity contribution < 1.29 is 13.6 Å². The van der Waals surface area contributed by atoms with Gasteiger partial charge in [-0.25, -0.2) is 8.78 Å². The van der Waals surface area contributed by atoms with Crippen LogP contribution in [0.1, 0.15) is 32.7 Å². The van der Waals surface area contributed by atoms with Gasteiger partial charge in [0.2, 0.25) is 0 Å². The van der Waals surface area contributed by atoms with Crippen LogP contribution in [0, 0.1) is 12.7 Å². The fourth-order valence-electron chi connectivity index (χ4n) is 3.96. The Morgan fingerprint density at radius 1 is 1.21 bits per heavy atom. The molecular formula is C23H23F2N3O. The van der Waals surface area contributed by atoms with Gasteiger partial charge < -0.3 is 14.8 Å². The first-order chi connectivity index (χ1) is 13.9. The number of carbonyl (C=O) groups is 1. The lowest BCUT2D eigenvalue weighted by Crippen LogP contribution is -2.26. The molecular weight excluding hydrogens is 372 g/mol. The van der Waals surface area contributed by atoms with Crippen molar-refractivity contribution in [2.24, 2.45) is 0 Å². The number of likely N-dealkylation sites (N-methyl/N-ethyl adjacent to an activating group) is 1. The number of rotatable bonds is 3. The van der Waals surface area contributed by atoms with E-state index in [9.17, 15) is 9.18 Å². The van der Waals surface area contributed by atoms with Gasteiger partial charge in [-0.2, -0.15) is 0 Å². The zero-order valence-electron chi connectivity index (χ0n) is 16.7. The highest BCUT2D eigenvalue weighted by Crippen LogP contribution is 2.33. The van der Waals surface area contributed by atoms with E-state index in [-0.39, 0.29) is 11.1 Å². The summed E-state index contributed by atoms with van der Waals surface area (Å²) in [6.45, 7) is 3.75. The van der Waals surface area contributed by atoms with Crippen molar-refractivity contribution in [2.75, 3.05) is 20.6 Å². The van der Waals surface area contributed by atoms with Crippen LogP contribution in [-0.2, 0) is 13.0 Å². The molecule has 1 aliphatic heterocycles. The number of fused-ring (bicyclic) bond motifs is 3. The van der Waals surface area contributed by atoms with E-state index in [4.69, 9.17) is 0 Å². The second-order valence-corrected chi connectivity index (χ2v) is 7.55. The molecule has 4 nitrogen and oxygen atoms in total. The van der Waals surface area contributed by atoms with E-state index in [0.29, 0.717) is 0 Å². The summed E-state index contributed by atoms with van der Waals surface area (Å²) in [5.74, 6) is -1.84. The van der Waals surface area contributed by atoms with Crippen molar-refractivity contribution in [3.05, 3.63) is 70.2 Å². The Kier molecular flexibility index (Phi) is 4.96. The van der Waals surface area contributed by atoms with E-state index in [1.54, 1.807) is 0 Å². The van der Waals surface area contributed by atoms with Crippen LogP contribution in [0.3, 0.4) is 0 Å². The fraction of sp³-hybridized carbons (Fsp3) is 0.261. The van der Waals surface area contributed by atoms with Gasteiger partial charge in [0.25, 0.3) is 5.91 Å². The van der Waals surface area contributed by atoms with Crippen molar-refractivity contribution in [1.82, 2.24) is 14.8 Å². The Morgan fingerprint density at radius 3 is 2.72 bits per heavy atom. The van der Waals surface area contributed by atoms with E-state index >= 15 is 4.39 Å². The number of aromatic nitrogens is 1. The van der Waals surface area contributed by atoms with Crippen molar-refractivity contribution in [1.29, 1.82) is 0 Å². The number of hydrogen-bond acceptors (Lipinski definition) is 2. The monoisotopic (exact) mass is 395 g/mol. The summed E-state index contributed by atoms with van der Waals surface area (Å²) in [6, 6.07) is 9.94. The summed E-state index contributed by atoms with van der Waals surface area (Å²) in [5, 5.41) is 3.50. The lowest BCUT2D eigenvalue weighted by atomic mass is 10.0. The van der Waals surface area contributed by atoms with Crippen LogP contribution in [-0.4, -0.2) is 36.0 Å². The zero-order chi connectivity index (χ0) is 20.7. The highest BCUT2D eigenvalue weighted by atomic mass is 19.1. The summed E-state index contributed by atoms with van der Waals surface area (Å²) >= 11 is 0. The maximum absolute atomic E-state index is 15.1. The lowest BCUT2D eigenvalue weighted by molar-refractivity contribution is 0.0959. The van der Waals surface area contributed by atoms with Crippen LogP contribution in [0.2, 0.25) is 0 Å². The minimum absolute atomic E-state index is 0.103. The predicted octanol–water partition coefficient (Wildman–Crippen LogP) is 4.36. The third-order valence-corrected chi connectivity index (χ3v) is 5.49. The molecule has 1 aliphatic rings. The quantitative estimate of drug-likeness (QED) is 0.715. The molecule has 1 amide bonds. The topological polar surface area (TPSA) is 37.3 Å². The van der Waals surface area contributed by atoms with Gasteiger partial charge >= 0.3 is 0 Å². The second-order valence-electron chi connectivity index (χ2n) is 7.55. The second kappa shape index (κ2) is 7.44. The van der Waals surface area contributed by atoms with Crippen LogP contribution in [0.15, 0.2) is 36.4 Å². The number of aryl methyl sites for hydroxylation is 1. The Morgan fingerprint density at radius 2 is 2.00 bits per heavy atom. The molecule has 0 radical (unpaired) electrons. The Balaban J connectivity index is 1.82. The minimum Gasteiger partial charge on any atom is -0.355 e. The number of amides is 1. The standard InChI is InChI=1S/C23H23F2N3O/c1-14-4-7-21-17(10-14)18-12-27(3)9-8-22(18)28(21)13-20(25)15-5-6-16(19(24)11-15)23(29)26-2/h4-7,10-11,13H,8-9,12H2,1-3H3,(H,26,29)/b20-13-. The van der Waals surface area contributed by atoms with Gasteiger partial charge in [0.15, 0.2) is 0 Å². The van der Waals surface area contributed by atoms with Gasteiger partial charge in [0, 0.05) is 49.4 Å². The average Bonchev–Trinajstić information content (AvgIpc) is 2.99. The summed E-state index contributed by atoms with van der Waals surface area (Å²) in [4.78, 5) is 13.9. The number of nitrogens with one attached hydrogen (secondary N) is 1. The molecule has 1 aromatic heterocycles. The van der Waals surface area contributed by atoms with E-state index in [2.05, 4.69) is 23.3 Å². The van der Waals surface area contributed by atoms with Crippen LogP contribution in [0.25, 0.3) is 22.9 Å². The van der Waals surface area contributed by atoms with E-state index in [1.165, 1.54) is 30.9 Å². The van der Waals surface area contributed by atoms with Crippen LogP contribution in [0.4, 0.5) is 8.78 Å². The zero-order valence-corrected chi connectivity index (χ0v) is 16.7. The third kappa shape index (κ3) is 3.44. The van der Waals surface area contributed by atoms with Crippen molar-refractivity contribution in [3.8, 4) is 0 Å². The van der Waals surface area contributed by atoms with E-state index in [0.717, 1.165) is 47.7 Å². The molecule has 0 atom stereocenters. The molecule has 0 saturated carbocycles. The van der Waals surface area contributed by atoms with E-state index < -0.39 is 17.6 Å². The Labute approximate surface area is 168 Å². The maximum Gasteiger partial charge on any atom is 0.253 e. The maximum atomic E-state index is 15.1. The highest BCUT2D eigenvalue weighted by molar-refractivity contribution is 5.95. The summed E-state index contributed by atoms with van der Waals surface area (Å²) in [5.41, 5.74) is 4.39. The highest BCUT2D eigenvalue weighted by Gasteiger charge is 2.22. The van der Waals surface area contributed by atoms with Gasteiger partial charge in [0.1, 0.15) is 11.6 Å². The number of nitrogens with zero attached hydrogens (tertiary/aromatic N) is 2. The summed E-state index contributed by atoms with van der Waals surface area (Å²) in [7, 11) is 3.50. The van der Waals surface area contributed by atoms with Crippen LogP contribution < -0.4 is 5.32 Å². The molecule has 3 aromatic rings. The molecule has 2 heterocycles. The molecule has 2 aromatic carbocycles. The normalized spacial score (nSPS) is 14.9. The lowest BCUT2D eigenvalue weighted by Gasteiger charge is -2.23. The first-order valence-electron chi connectivity index (χ1n) is 9.59. The molecule has 150 valence electrons. The third-order valence-electron chi connectivity index (χ3n) is 5.49. The molecule has 4 rings (SSSR count). The first-order valence-corrected chi connectivity index (χ1v) is 9.59. The van der Waals surface area contributed by atoms with Crippen molar-refractivity contribution >= 4 is 28.8 Å². The largest absolute Gasteiger partial charge is 0.355 e. The molecule has 0 unspecified atom stereocenters. The Bertz CT molecular complexity index is 1150. The van der Waals surface area contributed by atoms with Gasteiger partial charge in [-0.05, 0) is 43.8 Å². The molecule has 0 saturated heterocycles. The fourth-order valence-corrected chi connectivity index (χ4v) is 3.96. The summed E-state index contributed by atoms with van der Waals surface area (Å²) < 4.78 is 31.3. The predicted molar refractivity (Wildman–Crippen MR) is 112 cm³/mol. The van der Waals surface area contributed by atoms with Crippen LogP contribution in [0.5, 0.6) is 0 Å². The van der Waals surface area contributed by atoms with Crippen molar-refractivity contribution in [2.45, 2.75) is 19.9 Å². The smallest absolute Gasteiger partial charge is 0.253 e. The first kappa shape index (κ1) is 19.3. The molecule has 0 fully saturated rings. The molecule has 1 N–H and O–H groups in total. The number of benzene rings is 2. The van der Waals surface area contributed by atoms with Crippen LogP contribution >= 0.6 is 0 Å². The van der Waals surface area contributed by atoms with E-state index in [1.807, 2.05) is 23.6 Å². The SMILES string of the molecule is CNC(=O)c1ccc(/C(F)=C/n2c3c(c4cc(C)ccc42)CN(C)CC3)cc1F. The minimum atomic E-state index is -0.748.